The molecule has 6 nitrogen and oxygen atoms in total. The fraction of sp³-hybridized carbons (Fsp3) is 0.244. The van der Waals surface area contributed by atoms with Crippen LogP contribution in [0.4, 0.5) is 0 Å². The Morgan fingerprint density at radius 2 is 1.70 bits per heavy atom. The summed E-state index contributed by atoms with van der Waals surface area (Å²) in [5.74, 6) is 0.807. The largest absolute Gasteiger partial charge is 0.456 e. The smallest absolute Gasteiger partial charge is 0.269 e. The van der Waals surface area contributed by atoms with Gasteiger partial charge in [0.05, 0.1) is 40.0 Å². The number of benzene rings is 3. The summed E-state index contributed by atoms with van der Waals surface area (Å²) >= 11 is 0. The molecule has 0 saturated heterocycles. The van der Waals surface area contributed by atoms with Gasteiger partial charge in [0, 0.05) is 33.3 Å². The monoisotopic (exact) mass is 622 g/mol. The molecule has 0 atom stereocenters. The number of imidazole rings is 1. The maximum absolute atomic E-state index is 8.62. The van der Waals surface area contributed by atoms with Crippen LogP contribution in [0.2, 0.25) is 0 Å². The van der Waals surface area contributed by atoms with Crippen molar-refractivity contribution in [3.8, 4) is 28.7 Å². The van der Waals surface area contributed by atoms with Crippen LogP contribution in [-0.4, -0.2) is 19.1 Å². The Kier molecular flexibility index (Phi) is 6.79. The van der Waals surface area contributed by atoms with Crippen LogP contribution < -0.4 is 9.30 Å². The fourth-order valence-corrected chi connectivity index (χ4v) is 6.08. The zero-order valence-electron chi connectivity index (χ0n) is 31.0. The number of fused-ring (bicyclic) bond motifs is 3. The predicted molar refractivity (Wildman–Crippen MR) is 189 cm³/mol. The molecule has 0 aliphatic carbocycles. The topological polar surface area (TPSA) is 48.8 Å². The van der Waals surface area contributed by atoms with Crippen molar-refractivity contribution in [2.24, 2.45) is 5.89 Å². The zero-order chi connectivity index (χ0) is 35.6. The number of pyridine rings is 2. The Labute approximate surface area is 281 Å². The van der Waals surface area contributed by atoms with Gasteiger partial charge in [-0.15, -0.1) is 0 Å². The van der Waals surface area contributed by atoms with Crippen molar-refractivity contribution in [2.75, 3.05) is 0 Å². The lowest BCUT2D eigenvalue weighted by atomic mass is 9.88. The van der Waals surface area contributed by atoms with Gasteiger partial charge in [-0.25, -0.2) is 4.98 Å². The summed E-state index contributed by atoms with van der Waals surface area (Å²) in [6.07, 6.45) is 6.94. The lowest BCUT2D eigenvalue weighted by Gasteiger charge is -2.20. The normalized spacial score (nSPS) is 13.5. The van der Waals surface area contributed by atoms with Gasteiger partial charge in [-0.2, -0.15) is 0 Å². The average molecular weight is 623 g/mol. The maximum atomic E-state index is 8.62. The zero-order valence-corrected chi connectivity index (χ0v) is 28.0. The molecule has 47 heavy (non-hydrogen) atoms. The number of nitrogens with zero attached hydrogens (tertiary/aromatic N) is 5. The van der Waals surface area contributed by atoms with Gasteiger partial charge in [0.1, 0.15) is 17.3 Å². The molecule has 4 heterocycles. The molecule has 0 spiro atoms. The third-order valence-electron chi connectivity index (χ3n) is 8.57. The molecule has 3 aromatic carbocycles. The first kappa shape index (κ1) is 26.9. The Bertz CT molecular complexity index is 2390. The van der Waals surface area contributed by atoms with Crippen LogP contribution in [0, 0.1) is 26.1 Å². The molecule has 0 aliphatic heterocycles. The molecule has 0 unspecified atom stereocenters. The molecular weight excluding hydrogens is 578 g/mol. The minimum absolute atomic E-state index is 0.0186. The maximum Gasteiger partial charge on any atom is 0.269 e. The van der Waals surface area contributed by atoms with E-state index in [1.807, 2.05) is 53.4 Å². The molecule has 0 radical (unpaired) electrons. The van der Waals surface area contributed by atoms with Crippen LogP contribution in [0.1, 0.15) is 61.2 Å². The summed E-state index contributed by atoms with van der Waals surface area (Å²) in [5.41, 5.74) is 7.16. The van der Waals surface area contributed by atoms with Crippen molar-refractivity contribution >= 4 is 21.8 Å². The second-order valence-corrected chi connectivity index (χ2v) is 13.3. The van der Waals surface area contributed by atoms with E-state index < -0.39 is 12.3 Å². The molecule has 7 rings (SSSR count). The minimum Gasteiger partial charge on any atom is -0.456 e. The first-order valence-electron chi connectivity index (χ1n) is 17.4. The SMILES string of the molecule is [2H]C(C)(C)C([2H])([2H])c1cccc(-[n+]2[c-]n(-c3cncc(Oc4ccc5c6ccccc6n(-c6cc(C(C)(C)C)ccn6)c5c4)c3)c(C)c2C)c1. The molecule has 0 amide bonds. The second-order valence-electron chi connectivity index (χ2n) is 13.3. The molecule has 0 N–H and O–H groups in total. The average Bonchev–Trinajstić information content (AvgIpc) is 3.57. The van der Waals surface area contributed by atoms with Crippen LogP contribution in [0.3, 0.4) is 0 Å². The Morgan fingerprint density at radius 3 is 2.51 bits per heavy atom. The summed E-state index contributed by atoms with van der Waals surface area (Å²) in [6.45, 7) is 13.8. The Morgan fingerprint density at radius 1 is 0.894 bits per heavy atom. The van der Waals surface area contributed by atoms with Gasteiger partial charge in [-0.1, -0.05) is 70.5 Å². The molecule has 236 valence electrons. The lowest BCUT2D eigenvalue weighted by molar-refractivity contribution is -0.606. The van der Waals surface area contributed by atoms with Gasteiger partial charge in [-0.3, -0.25) is 18.7 Å². The summed E-state index contributed by atoms with van der Waals surface area (Å²) < 4.78 is 38.1. The molecule has 7 aromatic rings. The van der Waals surface area contributed by atoms with E-state index in [-0.39, 0.29) is 5.41 Å². The van der Waals surface area contributed by atoms with Gasteiger partial charge in [0.15, 0.2) is 0 Å². The van der Waals surface area contributed by atoms with Gasteiger partial charge in [0.25, 0.3) is 6.33 Å². The van der Waals surface area contributed by atoms with E-state index in [0.29, 0.717) is 17.1 Å². The van der Waals surface area contributed by atoms with Crippen molar-refractivity contribution in [1.82, 2.24) is 19.1 Å². The van der Waals surface area contributed by atoms with E-state index in [0.717, 1.165) is 50.4 Å². The van der Waals surface area contributed by atoms with Crippen molar-refractivity contribution in [1.29, 1.82) is 0 Å². The molecule has 0 saturated carbocycles. The predicted octanol–water partition coefficient (Wildman–Crippen LogP) is 9.35. The molecular formula is C41H41N5O. The number of hydrogen-bond donors (Lipinski definition) is 0. The molecule has 4 aromatic heterocycles. The van der Waals surface area contributed by atoms with Crippen LogP contribution in [0.5, 0.6) is 11.5 Å². The van der Waals surface area contributed by atoms with Crippen LogP contribution in [0.15, 0.2) is 104 Å². The summed E-state index contributed by atoms with van der Waals surface area (Å²) in [5, 5.41) is 2.26. The highest BCUT2D eigenvalue weighted by molar-refractivity contribution is 6.09. The summed E-state index contributed by atoms with van der Waals surface area (Å²) in [6, 6.07) is 28.0. The fourth-order valence-electron chi connectivity index (χ4n) is 6.08. The number of hydrogen-bond acceptors (Lipinski definition) is 3. The highest BCUT2D eigenvalue weighted by atomic mass is 16.5. The van der Waals surface area contributed by atoms with Crippen molar-refractivity contribution in [3.05, 3.63) is 132 Å². The Hall–Kier alpha value is -5.23. The minimum atomic E-state index is -1.84. The molecule has 6 heteroatoms. The first-order chi connectivity index (χ1) is 23.6. The quantitative estimate of drug-likeness (QED) is 0.131. The number of para-hydroxylation sites is 1. The number of aromatic nitrogens is 5. The van der Waals surface area contributed by atoms with Gasteiger partial charge in [0.2, 0.25) is 0 Å². The van der Waals surface area contributed by atoms with E-state index in [4.69, 9.17) is 13.8 Å². The van der Waals surface area contributed by atoms with E-state index in [1.165, 1.54) is 5.56 Å². The second kappa shape index (κ2) is 11.8. The third-order valence-corrected chi connectivity index (χ3v) is 8.57. The first-order valence-corrected chi connectivity index (χ1v) is 15.9. The third kappa shape index (κ3) is 5.80. The van der Waals surface area contributed by atoms with Gasteiger partial charge >= 0.3 is 0 Å². The van der Waals surface area contributed by atoms with Crippen LogP contribution in [-0.2, 0) is 11.8 Å². The van der Waals surface area contributed by atoms with Crippen molar-refractivity contribution < 1.29 is 13.4 Å². The van der Waals surface area contributed by atoms with Crippen molar-refractivity contribution in [2.45, 2.75) is 60.3 Å². The van der Waals surface area contributed by atoms with Gasteiger partial charge in [-0.05, 0) is 85.6 Å². The van der Waals surface area contributed by atoms with Crippen molar-refractivity contribution in [3.63, 3.8) is 0 Å². The van der Waals surface area contributed by atoms with E-state index >= 15 is 0 Å². The highest BCUT2D eigenvalue weighted by Crippen LogP contribution is 2.36. The molecule has 0 bridgehead atoms. The standard InChI is InChI=1S/C41H41N5O/c1-27(2)19-30-11-10-12-32(20-30)44-26-45(29(4)28(44)3)33-22-35(25-42-24-33)47-34-15-16-37-36-13-8-9-14-38(36)46(39(37)23-34)40-21-31(17-18-43-40)41(5,6)7/h8-18,20-25,27H,19H2,1-7H3/i19D2,27D. The van der Waals surface area contributed by atoms with Crippen LogP contribution >= 0.6 is 0 Å². The highest BCUT2D eigenvalue weighted by Gasteiger charge is 2.19. The molecule has 0 aliphatic rings. The lowest BCUT2D eigenvalue weighted by Crippen LogP contribution is -2.32. The van der Waals surface area contributed by atoms with E-state index in [2.05, 4.69) is 85.2 Å². The summed E-state index contributed by atoms with van der Waals surface area (Å²) in [4.78, 5) is 9.32. The number of rotatable bonds is 7. The van der Waals surface area contributed by atoms with Gasteiger partial charge < -0.3 is 4.74 Å². The van der Waals surface area contributed by atoms with E-state index in [1.54, 1.807) is 38.4 Å². The number of ether oxygens (including phenoxy) is 1. The summed E-state index contributed by atoms with van der Waals surface area (Å²) in [7, 11) is 0. The van der Waals surface area contributed by atoms with E-state index in [9.17, 15) is 0 Å². The Balaban J connectivity index is 1.25. The van der Waals surface area contributed by atoms with Crippen LogP contribution in [0.25, 0.3) is 39.0 Å². The molecule has 0 fully saturated rings.